The van der Waals surface area contributed by atoms with Crippen molar-refractivity contribution in [3.8, 4) is 0 Å². The Morgan fingerprint density at radius 2 is 2.31 bits per heavy atom. The van der Waals surface area contributed by atoms with Gasteiger partial charge in [0, 0.05) is 17.8 Å². The molecular formula is C12H13FN2O. The zero-order valence-corrected chi connectivity index (χ0v) is 8.79. The fourth-order valence-corrected chi connectivity index (χ4v) is 1.80. The molecule has 0 spiro atoms. The fraction of sp³-hybridized carbons (Fsp3) is 0.250. The molecule has 2 N–H and O–H groups in total. The Morgan fingerprint density at radius 1 is 1.44 bits per heavy atom. The van der Waals surface area contributed by atoms with E-state index in [1.807, 2.05) is 6.08 Å². The Morgan fingerprint density at radius 3 is 2.94 bits per heavy atom. The molecule has 1 aromatic rings. The summed E-state index contributed by atoms with van der Waals surface area (Å²) in [6.07, 6.45) is 3.37. The van der Waals surface area contributed by atoms with Crippen LogP contribution < -0.4 is 10.6 Å². The van der Waals surface area contributed by atoms with Crippen molar-refractivity contribution in [1.82, 2.24) is 5.32 Å². The molecule has 16 heavy (non-hydrogen) atoms. The van der Waals surface area contributed by atoms with Crippen molar-refractivity contribution in [1.29, 1.82) is 0 Å². The van der Waals surface area contributed by atoms with Crippen LogP contribution in [0.2, 0.25) is 0 Å². The first-order valence-corrected chi connectivity index (χ1v) is 5.21. The van der Waals surface area contributed by atoms with Crippen molar-refractivity contribution in [3.05, 3.63) is 35.7 Å². The molecule has 1 aliphatic rings. The number of hydrogen-bond acceptors (Lipinski definition) is 2. The summed E-state index contributed by atoms with van der Waals surface area (Å²) in [7, 11) is 0. The van der Waals surface area contributed by atoms with E-state index in [-0.39, 0.29) is 5.82 Å². The topological polar surface area (TPSA) is 41.1 Å². The lowest BCUT2D eigenvalue weighted by Gasteiger charge is -2.15. The third kappa shape index (κ3) is 2.28. The molecule has 1 amide bonds. The Balaban J connectivity index is 2.28. The molecule has 0 unspecified atom stereocenters. The van der Waals surface area contributed by atoms with Gasteiger partial charge in [0.1, 0.15) is 5.82 Å². The molecule has 1 aromatic carbocycles. The zero-order chi connectivity index (χ0) is 11.4. The number of hydrogen-bond donors (Lipinski definition) is 2. The summed E-state index contributed by atoms with van der Waals surface area (Å²) in [5, 5.41) is 5.60. The van der Waals surface area contributed by atoms with E-state index >= 15 is 0 Å². The van der Waals surface area contributed by atoms with Gasteiger partial charge >= 0.3 is 0 Å². The van der Waals surface area contributed by atoms with E-state index in [0.29, 0.717) is 17.7 Å². The molecule has 0 atom stereocenters. The first-order valence-electron chi connectivity index (χ1n) is 5.21. The predicted octanol–water partition coefficient (Wildman–Crippen LogP) is 1.77. The van der Waals surface area contributed by atoms with Gasteiger partial charge in [-0.2, -0.15) is 0 Å². The largest absolute Gasteiger partial charge is 0.329 e. The third-order valence-electron chi connectivity index (χ3n) is 2.60. The average molecular weight is 220 g/mol. The molecule has 84 valence electrons. The Bertz CT molecular complexity index is 429. The number of halogens is 1. The zero-order valence-electron chi connectivity index (χ0n) is 8.79. The lowest BCUT2D eigenvalue weighted by atomic mass is 9.99. The molecular weight excluding hydrogens is 207 g/mol. The first kappa shape index (κ1) is 10.8. The van der Waals surface area contributed by atoms with Crippen molar-refractivity contribution in [2.75, 3.05) is 18.4 Å². The number of anilines is 1. The SMILES string of the molecule is O=CNc1ccc(C2=CCNCC2)c(F)c1. The van der Waals surface area contributed by atoms with Gasteiger partial charge in [-0.15, -0.1) is 0 Å². The summed E-state index contributed by atoms with van der Waals surface area (Å²) in [6.45, 7) is 1.66. The second-order valence-corrected chi connectivity index (χ2v) is 3.64. The lowest BCUT2D eigenvalue weighted by molar-refractivity contribution is -0.105. The highest BCUT2D eigenvalue weighted by Crippen LogP contribution is 2.24. The number of amides is 1. The van der Waals surface area contributed by atoms with Gasteiger partial charge in [0.05, 0.1) is 0 Å². The Hall–Kier alpha value is -1.68. The minimum absolute atomic E-state index is 0.292. The van der Waals surface area contributed by atoms with Gasteiger partial charge < -0.3 is 10.6 Å². The minimum atomic E-state index is -0.292. The molecule has 0 saturated heterocycles. The summed E-state index contributed by atoms with van der Waals surface area (Å²) < 4.78 is 13.7. The molecule has 0 saturated carbocycles. The van der Waals surface area contributed by atoms with Crippen LogP contribution in [0.15, 0.2) is 24.3 Å². The molecule has 2 rings (SSSR count). The Kier molecular flexibility index (Phi) is 3.31. The van der Waals surface area contributed by atoms with Gasteiger partial charge in [0.2, 0.25) is 6.41 Å². The average Bonchev–Trinajstić information content (AvgIpc) is 2.31. The van der Waals surface area contributed by atoms with Crippen molar-refractivity contribution < 1.29 is 9.18 Å². The number of carbonyl (C=O) groups is 1. The van der Waals surface area contributed by atoms with E-state index < -0.39 is 0 Å². The van der Waals surface area contributed by atoms with E-state index in [2.05, 4.69) is 10.6 Å². The lowest BCUT2D eigenvalue weighted by Crippen LogP contribution is -2.20. The van der Waals surface area contributed by atoms with Crippen molar-refractivity contribution in [2.45, 2.75) is 6.42 Å². The minimum Gasteiger partial charge on any atom is -0.329 e. The molecule has 0 aromatic heterocycles. The quantitative estimate of drug-likeness (QED) is 0.762. The predicted molar refractivity (Wildman–Crippen MR) is 61.6 cm³/mol. The molecule has 0 fully saturated rings. The maximum atomic E-state index is 13.7. The van der Waals surface area contributed by atoms with E-state index in [0.717, 1.165) is 25.1 Å². The normalized spacial score (nSPS) is 15.4. The Labute approximate surface area is 93.4 Å². The van der Waals surface area contributed by atoms with E-state index in [4.69, 9.17) is 0 Å². The number of carbonyl (C=O) groups excluding carboxylic acids is 1. The van der Waals surface area contributed by atoms with Gasteiger partial charge in [-0.05, 0) is 36.7 Å². The third-order valence-corrected chi connectivity index (χ3v) is 2.60. The van der Waals surface area contributed by atoms with Crippen LogP contribution in [0.3, 0.4) is 0 Å². The summed E-state index contributed by atoms with van der Waals surface area (Å²) in [6, 6.07) is 4.75. The number of rotatable bonds is 3. The van der Waals surface area contributed by atoms with Crippen LogP contribution in [0.4, 0.5) is 10.1 Å². The molecule has 3 nitrogen and oxygen atoms in total. The highest BCUT2D eigenvalue weighted by Gasteiger charge is 2.10. The van der Waals surface area contributed by atoms with Gasteiger partial charge in [-0.1, -0.05) is 6.08 Å². The molecule has 4 heteroatoms. The smallest absolute Gasteiger partial charge is 0.211 e. The maximum absolute atomic E-state index is 13.7. The van der Waals surface area contributed by atoms with Crippen molar-refractivity contribution in [2.24, 2.45) is 0 Å². The fourth-order valence-electron chi connectivity index (χ4n) is 1.80. The van der Waals surface area contributed by atoms with Crippen LogP contribution in [0.5, 0.6) is 0 Å². The number of nitrogens with one attached hydrogen (secondary N) is 2. The van der Waals surface area contributed by atoms with E-state index in [9.17, 15) is 9.18 Å². The summed E-state index contributed by atoms with van der Waals surface area (Å²) in [5.41, 5.74) is 2.12. The molecule has 1 aliphatic heterocycles. The molecule has 0 bridgehead atoms. The van der Waals surface area contributed by atoms with Crippen molar-refractivity contribution in [3.63, 3.8) is 0 Å². The van der Waals surface area contributed by atoms with Crippen LogP contribution in [0.1, 0.15) is 12.0 Å². The molecule has 1 heterocycles. The second-order valence-electron chi connectivity index (χ2n) is 3.64. The van der Waals surface area contributed by atoms with Gasteiger partial charge in [0.25, 0.3) is 0 Å². The van der Waals surface area contributed by atoms with Crippen LogP contribution in [-0.2, 0) is 4.79 Å². The standard InChI is InChI=1S/C12H13FN2O/c13-12-7-10(15-8-16)1-2-11(12)9-3-5-14-6-4-9/h1-3,7-8,14H,4-6H2,(H,15,16). The van der Waals surface area contributed by atoms with Crippen LogP contribution in [-0.4, -0.2) is 19.5 Å². The van der Waals surface area contributed by atoms with Crippen LogP contribution in [0.25, 0.3) is 5.57 Å². The van der Waals surface area contributed by atoms with Gasteiger partial charge in [-0.25, -0.2) is 4.39 Å². The summed E-state index contributed by atoms with van der Waals surface area (Å²) in [5.74, 6) is -0.292. The van der Waals surface area contributed by atoms with E-state index in [1.165, 1.54) is 6.07 Å². The monoisotopic (exact) mass is 220 g/mol. The van der Waals surface area contributed by atoms with Gasteiger partial charge in [0.15, 0.2) is 0 Å². The second kappa shape index (κ2) is 4.90. The summed E-state index contributed by atoms with van der Waals surface area (Å²) in [4.78, 5) is 10.2. The molecule has 0 aliphatic carbocycles. The maximum Gasteiger partial charge on any atom is 0.211 e. The van der Waals surface area contributed by atoms with E-state index in [1.54, 1.807) is 12.1 Å². The number of benzene rings is 1. The summed E-state index contributed by atoms with van der Waals surface area (Å²) >= 11 is 0. The highest BCUT2D eigenvalue weighted by atomic mass is 19.1. The first-order chi connectivity index (χ1) is 7.81. The van der Waals surface area contributed by atoms with Crippen LogP contribution in [0, 0.1) is 5.82 Å². The molecule has 0 radical (unpaired) electrons. The van der Waals surface area contributed by atoms with Gasteiger partial charge in [-0.3, -0.25) is 4.79 Å². The highest BCUT2D eigenvalue weighted by molar-refractivity contribution is 5.74. The van der Waals surface area contributed by atoms with Crippen molar-refractivity contribution >= 4 is 17.7 Å². The van der Waals surface area contributed by atoms with Crippen LogP contribution >= 0.6 is 0 Å².